The number of Topliss-reactive ketones (excluding diaryl/α,β-unsaturated/α-hetero) is 1. The number of carbonyl (C=O) groups excluding carboxylic acids is 2. The van der Waals surface area contributed by atoms with Crippen molar-refractivity contribution < 1.29 is 18.4 Å². The lowest BCUT2D eigenvalue weighted by Gasteiger charge is -2.09. The maximum Gasteiger partial charge on any atom is 0.228 e. The predicted octanol–water partition coefficient (Wildman–Crippen LogP) is 4.28. The first-order chi connectivity index (χ1) is 10.9. The first-order valence-corrected chi connectivity index (χ1v) is 8.11. The molecule has 6 heteroatoms. The van der Waals surface area contributed by atoms with E-state index in [0.29, 0.717) is 6.42 Å². The lowest BCUT2D eigenvalue weighted by Crippen LogP contribution is -2.17. The largest absolute Gasteiger partial charge is 0.321 e. The Balaban J connectivity index is 1.75. The third kappa shape index (κ3) is 3.03. The van der Waals surface area contributed by atoms with Gasteiger partial charge in [-0.1, -0.05) is 0 Å². The summed E-state index contributed by atoms with van der Waals surface area (Å²) in [7, 11) is 0. The molecule has 1 saturated carbocycles. The molecule has 1 aliphatic carbocycles. The van der Waals surface area contributed by atoms with Crippen molar-refractivity contribution in [3.63, 3.8) is 0 Å². The van der Waals surface area contributed by atoms with E-state index >= 15 is 0 Å². The summed E-state index contributed by atoms with van der Waals surface area (Å²) in [6.07, 6.45) is 0.682. The molecule has 1 heterocycles. The Hall–Kier alpha value is -2.08. The molecule has 23 heavy (non-hydrogen) atoms. The lowest BCUT2D eigenvalue weighted by atomic mass is 10.1. The van der Waals surface area contributed by atoms with Gasteiger partial charge in [0.2, 0.25) is 5.91 Å². The highest BCUT2D eigenvalue weighted by Crippen LogP contribution is 2.50. The van der Waals surface area contributed by atoms with Crippen LogP contribution in [-0.4, -0.2) is 11.7 Å². The van der Waals surface area contributed by atoms with Gasteiger partial charge in [-0.3, -0.25) is 9.59 Å². The molecule has 3 rings (SSSR count). The van der Waals surface area contributed by atoms with Gasteiger partial charge in [0.1, 0.15) is 17.3 Å². The summed E-state index contributed by atoms with van der Waals surface area (Å²) >= 11 is 1.59. The quantitative estimate of drug-likeness (QED) is 0.848. The molecule has 0 spiro atoms. The van der Waals surface area contributed by atoms with Gasteiger partial charge in [0.05, 0.1) is 0 Å². The Morgan fingerprint density at radius 2 is 1.91 bits per heavy atom. The average molecular weight is 335 g/mol. The molecule has 1 aromatic heterocycles. The molecule has 1 aliphatic rings. The third-order valence-corrected chi connectivity index (χ3v) is 5.21. The van der Waals surface area contributed by atoms with Gasteiger partial charge >= 0.3 is 0 Å². The van der Waals surface area contributed by atoms with Gasteiger partial charge in [0.25, 0.3) is 0 Å². The highest BCUT2D eigenvalue weighted by atomic mass is 32.1. The monoisotopic (exact) mass is 335 g/mol. The van der Waals surface area contributed by atoms with E-state index < -0.39 is 29.0 Å². The summed E-state index contributed by atoms with van der Waals surface area (Å²) in [5.41, 5.74) is 0.587. The minimum atomic E-state index is -0.937. The number of nitrogens with one attached hydrogen (secondary N) is 1. The van der Waals surface area contributed by atoms with Crippen LogP contribution in [0.25, 0.3) is 0 Å². The van der Waals surface area contributed by atoms with Crippen molar-refractivity contribution in [2.75, 3.05) is 5.32 Å². The summed E-state index contributed by atoms with van der Waals surface area (Å²) in [5.74, 6) is -2.84. The molecule has 2 unspecified atom stereocenters. The summed E-state index contributed by atoms with van der Waals surface area (Å²) in [6, 6.07) is 3.87. The lowest BCUT2D eigenvalue weighted by molar-refractivity contribution is -0.117. The zero-order valence-electron chi connectivity index (χ0n) is 12.7. The molecular weight excluding hydrogens is 320 g/mol. The molecule has 1 fully saturated rings. The molecule has 0 radical (unpaired) electrons. The molecule has 3 nitrogen and oxygen atoms in total. The second kappa shape index (κ2) is 5.85. The molecular formula is C17H15F2NO2S. The van der Waals surface area contributed by atoms with Crippen LogP contribution < -0.4 is 5.32 Å². The van der Waals surface area contributed by atoms with Crippen molar-refractivity contribution in [1.82, 2.24) is 0 Å². The first kappa shape index (κ1) is 15.8. The Labute approximate surface area is 136 Å². The van der Waals surface area contributed by atoms with E-state index in [-0.39, 0.29) is 17.4 Å². The van der Waals surface area contributed by atoms with Crippen LogP contribution in [0.2, 0.25) is 0 Å². The number of aryl methyl sites for hydroxylation is 1. The second-order valence-electron chi connectivity index (χ2n) is 5.78. The number of anilines is 1. The first-order valence-electron chi connectivity index (χ1n) is 7.23. The van der Waals surface area contributed by atoms with Crippen LogP contribution in [0.15, 0.2) is 23.6 Å². The van der Waals surface area contributed by atoms with Crippen LogP contribution in [-0.2, 0) is 4.79 Å². The van der Waals surface area contributed by atoms with E-state index in [4.69, 9.17) is 0 Å². The van der Waals surface area contributed by atoms with Crippen LogP contribution in [0.1, 0.15) is 40.1 Å². The normalized spacial score (nSPS) is 19.5. The second-order valence-corrected chi connectivity index (χ2v) is 6.72. The topological polar surface area (TPSA) is 46.2 Å². The summed E-state index contributed by atoms with van der Waals surface area (Å²) in [6.45, 7) is 3.21. The molecule has 2 atom stereocenters. The highest BCUT2D eigenvalue weighted by molar-refractivity contribution is 7.10. The molecule has 0 aliphatic heterocycles. The van der Waals surface area contributed by atoms with Gasteiger partial charge in [-0.15, -0.1) is 11.3 Å². The molecule has 120 valence electrons. The Morgan fingerprint density at radius 1 is 1.26 bits per heavy atom. The third-order valence-electron chi connectivity index (χ3n) is 4.06. The summed E-state index contributed by atoms with van der Waals surface area (Å²) in [4.78, 5) is 24.5. The standard InChI is InChI=1S/C17H15F2NO2S/c1-8-3-4-23-16(8)11-7-12(11)17(22)20-15-13(18)5-10(9(2)21)6-14(15)19/h3-6,11-12H,7H2,1-2H3,(H,20,22). The van der Waals surface area contributed by atoms with Crippen LogP contribution in [0, 0.1) is 24.5 Å². The van der Waals surface area contributed by atoms with Gasteiger partial charge in [0, 0.05) is 22.3 Å². The predicted molar refractivity (Wildman–Crippen MR) is 84.9 cm³/mol. The number of carbonyl (C=O) groups is 2. The van der Waals surface area contributed by atoms with Crippen LogP contribution >= 0.6 is 11.3 Å². The number of hydrogen-bond acceptors (Lipinski definition) is 3. The minimum Gasteiger partial charge on any atom is -0.321 e. The van der Waals surface area contributed by atoms with E-state index in [9.17, 15) is 18.4 Å². The van der Waals surface area contributed by atoms with Crippen molar-refractivity contribution in [2.24, 2.45) is 5.92 Å². The highest BCUT2D eigenvalue weighted by Gasteiger charge is 2.45. The molecule has 0 bridgehead atoms. The van der Waals surface area contributed by atoms with E-state index in [0.717, 1.165) is 22.6 Å². The number of amides is 1. The Morgan fingerprint density at radius 3 is 2.43 bits per heavy atom. The maximum absolute atomic E-state index is 13.9. The number of ketones is 1. The zero-order valence-corrected chi connectivity index (χ0v) is 13.5. The molecule has 1 amide bonds. The molecule has 1 N–H and O–H groups in total. The van der Waals surface area contributed by atoms with Crippen LogP contribution in [0.3, 0.4) is 0 Å². The van der Waals surface area contributed by atoms with Crippen molar-refractivity contribution in [2.45, 2.75) is 26.2 Å². The molecule has 2 aromatic rings. The zero-order chi connectivity index (χ0) is 16.7. The fourth-order valence-electron chi connectivity index (χ4n) is 2.65. The molecule has 1 aromatic carbocycles. The van der Waals surface area contributed by atoms with Crippen LogP contribution in [0.5, 0.6) is 0 Å². The van der Waals surface area contributed by atoms with Crippen molar-refractivity contribution in [3.05, 3.63) is 51.2 Å². The number of halogens is 2. The smallest absolute Gasteiger partial charge is 0.228 e. The summed E-state index contributed by atoms with van der Waals surface area (Å²) in [5, 5.41) is 4.29. The number of thiophene rings is 1. The van der Waals surface area contributed by atoms with E-state index in [2.05, 4.69) is 5.32 Å². The Bertz CT molecular complexity index is 777. The van der Waals surface area contributed by atoms with Gasteiger partial charge in [-0.2, -0.15) is 0 Å². The van der Waals surface area contributed by atoms with Crippen molar-refractivity contribution >= 4 is 28.7 Å². The number of rotatable bonds is 4. The maximum atomic E-state index is 13.9. The van der Waals surface area contributed by atoms with Crippen LogP contribution in [0.4, 0.5) is 14.5 Å². The van der Waals surface area contributed by atoms with E-state index in [1.807, 2.05) is 18.4 Å². The van der Waals surface area contributed by atoms with Gasteiger partial charge in [-0.05, 0) is 49.4 Å². The summed E-state index contributed by atoms with van der Waals surface area (Å²) < 4.78 is 27.9. The van der Waals surface area contributed by atoms with Gasteiger partial charge in [0.15, 0.2) is 5.78 Å². The minimum absolute atomic E-state index is 0.0588. The number of benzene rings is 1. The van der Waals surface area contributed by atoms with E-state index in [1.54, 1.807) is 11.3 Å². The fraction of sp³-hybridized carbons (Fsp3) is 0.294. The SMILES string of the molecule is CC(=O)c1cc(F)c(NC(=O)C2CC2c2sccc2C)c(F)c1. The Kier molecular flexibility index (Phi) is 4.02. The van der Waals surface area contributed by atoms with Gasteiger partial charge in [-0.25, -0.2) is 8.78 Å². The average Bonchev–Trinajstić information content (AvgIpc) is 3.17. The van der Waals surface area contributed by atoms with Crippen molar-refractivity contribution in [1.29, 1.82) is 0 Å². The number of hydrogen-bond donors (Lipinski definition) is 1. The van der Waals surface area contributed by atoms with Crippen molar-refractivity contribution in [3.8, 4) is 0 Å². The fourth-order valence-corrected chi connectivity index (χ4v) is 3.76. The molecule has 0 saturated heterocycles. The van der Waals surface area contributed by atoms with E-state index in [1.165, 1.54) is 6.92 Å². The van der Waals surface area contributed by atoms with Gasteiger partial charge < -0.3 is 5.32 Å².